The number of likely N-dealkylation sites (tertiary alicyclic amines) is 1. The number of nitrogens with zero attached hydrogens (tertiary/aromatic N) is 4. The van der Waals surface area contributed by atoms with E-state index in [1.807, 2.05) is 32.0 Å². The lowest BCUT2D eigenvalue weighted by Gasteiger charge is -2.47. The van der Waals surface area contributed by atoms with E-state index in [4.69, 9.17) is 4.74 Å². The minimum absolute atomic E-state index is 0.0731. The van der Waals surface area contributed by atoms with Crippen molar-refractivity contribution in [1.29, 1.82) is 0 Å². The molecule has 4 rings (SSSR count). The first-order chi connectivity index (χ1) is 12.0. The van der Waals surface area contributed by atoms with Gasteiger partial charge in [0.25, 0.3) is 0 Å². The summed E-state index contributed by atoms with van der Waals surface area (Å²) in [5.41, 5.74) is 0.755. The van der Waals surface area contributed by atoms with Gasteiger partial charge < -0.3 is 14.7 Å². The summed E-state index contributed by atoms with van der Waals surface area (Å²) >= 11 is 0. The van der Waals surface area contributed by atoms with Crippen LogP contribution in [0.25, 0.3) is 11.4 Å². The topological polar surface area (TPSA) is 104 Å². The van der Waals surface area contributed by atoms with E-state index < -0.39 is 17.7 Å². The third-order valence-electron chi connectivity index (χ3n) is 5.01. The summed E-state index contributed by atoms with van der Waals surface area (Å²) in [6.45, 7) is 4.33. The Morgan fingerprint density at radius 1 is 1.36 bits per heavy atom. The van der Waals surface area contributed by atoms with Crippen molar-refractivity contribution in [3.8, 4) is 17.1 Å². The molecule has 3 heterocycles. The first kappa shape index (κ1) is 16.0. The molecule has 1 aromatic heterocycles. The van der Waals surface area contributed by atoms with Crippen molar-refractivity contribution in [3.05, 3.63) is 23.8 Å². The van der Waals surface area contributed by atoms with E-state index in [-0.39, 0.29) is 5.91 Å². The van der Waals surface area contributed by atoms with Gasteiger partial charge in [-0.25, -0.2) is 0 Å². The van der Waals surface area contributed by atoms with Crippen molar-refractivity contribution in [2.75, 3.05) is 6.54 Å². The number of ether oxygens (including phenoxy) is 1. The van der Waals surface area contributed by atoms with Crippen molar-refractivity contribution in [3.63, 3.8) is 0 Å². The Balaban J connectivity index is 1.82. The van der Waals surface area contributed by atoms with E-state index in [0.717, 1.165) is 24.0 Å². The average molecular weight is 343 g/mol. The number of aliphatic hydroxyl groups excluding tert-OH is 1. The molecule has 0 bridgehead atoms. The van der Waals surface area contributed by atoms with Gasteiger partial charge in [-0.1, -0.05) is 0 Å². The molecule has 2 atom stereocenters. The molecular weight excluding hydrogens is 322 g/mol. The van der Waals surface area contributed by atoms with Gasteiger partial charge in [-0.2, -0.15) is 5.21 Å². The van der Waals surface area contributed by atoms with Gasteiger partial charge in [-0.15, -0.1) is 10.2 Å². The summed E-state index contributed by atoms with van der Waals surface area (Å²) in [5, 5.41) is 25.0. The monoisotopic (exact) mass is 343 g/mol. The second-order valence-corrected chi connectivity index (χ2v) is 7.13. The summed E-state index contributed by atoms with van der Waals surface area (Å²) in [6, 6.07) is 5.13. The maximum Gasteiger partial charge on any atom is 0.223 e. The number of hydrogen-bond acceptors (Lipinski definition) is 6. The summed E-state index contributed by atoms with van der Waals surface area (Å²) in [7, 11) is 0. The predicted octanol–water partition coefficient (Wildman–Crippen LogP) is 1.45. The maximum atomic E-state index is 12.5. The normalized spacial score (nSPS) is 25.4. The number of aromatic amines is 1. The second kappa shape index (κ2) is 5.80. The van der Waals surface area contributed by atoms with E-state index in [1.165, 1.54) is 0 Å². The number of hydrogen-bond donors (Lipinski definition) is 2. The molecule has 2 aromatic rings. The zero-order valence-corrected chi connectivity index (χ0v) is 14.3. The van der Waals surface area contributed by atoms with Crippen LogP contribution in [0.1, 0.15) is 44.7 Å². The first-order valence-electron chi connectivity index (χ1n) is 8.52. The Morgan fingerprint density at radius 2 is 2.20 bits per heavy atom. The third-order valence-corrected chi connectivity index (χ3v) is 5.01. The van der Waals surface area contributed by atoms with Crippen LogP contribution in [0, 0.1) is 0 Å². The molecule has 1 saturated heterocycles. The van der Waals surface area contributed by atoms with Crippen LogP contribution < -0.4 is 4.74 Å². The first-order valence-corrected chi connectivity index (χ1v) is 8.52. The van der Waals surface area contributed by atoms with Crippen LogP contribution in [0.5, 0.6) is 5.75 Å². The Morgan fingerprint density at radius 3 is 2.92 bits per heavy atom. The molecule has 2 N–H and O–H groups in total. The molecule has 0 aliphatic carbocycles. The number of amides is 1. The number of tetrazole rings is 1. The number of rotatable bonds is 2. The fourth-order valence-electron chi connectivity index (χ4n) is 3.65. The molecule has 2 aliphatic rings. The predicted molar refractivity (Wildman–Crippen MR) is 88.6 cm³/mol. The van der Waals surface area contributed by atoms with E-state index in [2.05, 4.69) is 20.6 Å². The van der Waals surface area contributed by atoms with Crippen LogP contribution in [0.4, 0.5) is 0 Å². The number of carbonyl (C=O) groups excluding carboxylic acids is 1. The van der Waals surface area contributed by atoms with Crippen LogP contribution in [-0.2, 0) is 4.79 Å². The number of nitrogens with one attached hydrogen (secondary N) is 1. The van der Waals surface area contributed by atoms with Gasteiger partial charge in [0.1, 0.15) is 17.5 Å². The molecule has 132 valence electrons. The second-order valence-electron chi connectivity index (χ2n) is 7.13. The van der Waals surface area contributed by atoms with Crippen molar-refractivity contribution in [1.82, 2.24) is 25.5 Å². The minimum Gasteiger partial charge on any atom is -0.485 e. The zero-order valence-electron chi connectivity index (χ0n) is 14.3. The van der Waals surface area contributed by atoms with E-state index >= 15 is 0 Å². The molecule has 1 aromatic carbocycles. The van der Waals surface area contributed by atoms with E-state index in [9.17, 15) is 9.90 Å². The van der Waals surface area contributed by atoms with E-state index in [1.54, 1.807) is 4.90 Å². The van der Waals surface area contributed by atoms with Crippen molar-refractivity contribution < 1.29 is 14.6 Å². The van der Waals surface area contributed by atoms with Crippen LogP contribution in [0.2, 0.25) is 0 Å². The molecule has 1 amide bonds. The Bertz CT molecular complexity index is 790. The van der Waals surface area contributed by atoms with Crippen LogP contribution in [0.3, 0.4) is 0 Å². The van der Waals surface area contributed by atoms with Gasteiger partial charge in [0, 0.05) is 24.1 Å². The van der Waals surface area contributed by atoms with Gasteiger partial charge in [0.2, 0.25) is 11.7 Å². The van der Waals surface area contributed by atoms with Crippen molar-refractivity contribution in [2.45, 2.75) is 50.9 Å². The molecular formula is C17H21N5O3. The molecule has 0 saturated carbocycles. The lowest BCUT2D eigenvalue weighted by molar-refractivity contribution is -0.147. The average Bonchev–Trinajstić information content (AvgIpc) is 3.11. The lowest BCUT2D eigenvalue weighted by atomic mass is 9.84. The Kier molecular flexibility index (Phi) is 3.72. The highest BCUT2D eigenvalue weighted by Gasteiger charge is 2.47. The van der Waals surface area contributed by atoms with Gasteiger partial charge >= 0.3 is 0 Å². The summed E-state index contributed by atoms with van der Waals surface area (Å²) in [6.07, 6.45) is 1.52. The van der Waals surface area contributed by atoms with Gasteiger partial charge in [0.05, 0.1) is 6.04 Å². The van der Waals surface area contributed by atoms with Crippen LogP contribution >= 0.6 is 0 Å². The highest BCUT2D eigenvalue weighted by Crippen LogP contribution is 2.44. The van der Waals surface area contributed by atoms with Crippen LogP contribution in [0.15, 0.2) is 18.2 Å². The third kappa shape index (κ3) is 2.66. The summed E-state index contributed by atoms with van der Waals surface area (Å²) < 4.78 is 6.01. The molecule has 8 heteroatoms. The number of aromatic nitrogens is 4. The Labute approximate surface area is 145 Å². The van der Waals surface area contributed by atoms with Gasteiger partial charge in [-0.05, 0) is 50.1 Å². The zero-order chi connectivity index (χ0) is 17.6. The van der Waals surface area contributed by atoms with Crippen molar-refractivity contribution in [2.24, 2.45) is 0 Å². The van der Waals surface area contributed by atoms with Crippen molar-refractivity contribution >= 4 is 5.91 Å². The van der Waals surface area contributed by atoms with Gasteiger partial charge in [-0.3, -0.25) is 4.79 Å². The Hall–Kier alpha value is -2.48. The number of piperidine rings is 1. The molecule has 0 radical (unpaired) electrons. The summed E-state index contributed by atoms with van der Waals surface area (Å²) in [5.74, 6) is 1.21. The number of carbonyl (C=O) groups is 1. The highest BCUT2D eigenvalue weighted by atomic mass is 16.5. The standard InChI is InChI=1S/C17H21N5O3/c1-17(2)15(24)14(22-8-4-3-5-13(22)23)11-9-10(6-7-12(11)25-17)16-18-20-21-19-16/h6-7,9,14-15,24H,3-5,8H2,1-2H3,(H,18,19,20,21)/t14-,15+/m0/s1. The number of benzene rings is 1. The lowest BCUT2D eigenvalue weighted by Crippen LogP contribution is -2.55. The molecule has 8 nitrogen and oxygen atoms in total. The van der Waals surface area contributed by atoms with Gasteiger partial charge in [0.15, 0.2) is 0 Å². The minimum atomic E-state index is -0.831. The molecule has 1 fully saturated rings. The molecule has 0 unspecified atom stereocenters. The quantitative estimate of drug-likeness (QED) is 0.855. The fraction of sp³-hybridized carbons (Fsp3) is 0.529. The SMILES string of the molecule is CC1(C)Oc2ccc(-c3nn[nH]n3)cc2[C@H](N2CCCCC2=O)[C@H]1O. The molecule has 0 spiro atoms. The highest BCUT2D eigenvalue weighted by molar-refractivity contribution is 5.78. The molecule has 25 heavy (non-hydrogen) atoms. The largest absolute Gasteiger partial charge is 0.485 e. The number of H-pyrrole nitrogens is 1. The maximum absolute atomic E-state index is 12.5. The van der Waals surface area contributed by atoms with E-state index in [0.29, 0.717) is 24.5 Å². The number of fused-ring (bicyclic) bond motifs is 1. The van der Waals surface area contributed by atoms with Crippen LogP contribution in [-0.4, -0.2) is 54.8 Å². The number of aliphatic hydroxyl groups is 1. The smallest absolute Gasteiger partial charge is 0.223 e. The fourth-order valence-corrected chi connectivity index (χ4v) is 3.65. The molecule has 2 aliphatic heterocycles. The summed E-state index contributed by atoms with van der Waals surface area (Å²) in [4.78, 5) is 14.3.